The number of hydrogen-bond donors (Lipinski definition) is 2. The fraction of sp³-hybridized carbons (Fsp3) is 0. The fourth-order valence-corrected chi connectivity index (χ4v) is 1.73. The van der Waals surface area contributed by atoms with Crippen LogP contribution >= 0.6 is 0 Å². The smallest absolute Gasteiger partial charge is 0.0474 e. The molecule has 0 saturated carbocycles. The predicted octanol–water partition coefficient (Wildman–Crippen LogP) is 3.31. The summed E-state index contributed by atoms with van der Waals surface area (Å²) in [6.07, 6.45) is 5.49. The SMILES string of the molecule is c1cc(Nc2ccc3cc[nH]c3c2)ccn1. The van der Waals surface area contributed by atoms with E-state index in [1.807, 2.05) is 18.3 Å². The largest absolute Gasteiger partial charge is 0.361 e. The molecule has 78 valence electrons. The number of aromatic amines is 1. The second-order valence-electron chi connectivity index (χ2n) is 3.64. The maximum atomic E-state index is 3.98. The molecule has 0 saturated heterocycles. The molecule has 0 atom stereocenters. The Morgan fingerprint density at radius 3 is 2.69 bits per heavy atom. The number of fused-ring (bicyclic) bond motifs is 1. The van der Waals surface area contributed by atoms with Crippen LogP contribution in [0.4, 0.5) is 11.4 Å². The lowest BCUT2D eigenvalue weighted by atomic mass is 10.2. The van der Waals surface area contributed by atoms with E-state index in [1.165, 1.54) is 5.39 Å². The van der Waals surface area contributed by atoms with Gasteiger partial charge in [-0.15, -0.1) is 0 Å². The number of H-pyrrole nitrogens is 1. The van der Waals surface area contributed by atoms with Crippen molar-refractivity contribution in [3.8, 4) is 0 Å². The van der Waals surface area contributed by atoms with Crippen LogP contribution in [0, 0.1) is 0 Å². The van der Waals surface area contributed by atoms with Crippen LogP contribution in [0.15, 0.2) is 55.0 Å². The topological polar surface area (TPSA) is 40.7 Å². The number of aromatic nitrogens is 2. The zero-order valence-electron chi connectivity index (χ0n) is 8.64. The Labute approximate surface area is 93.1 Å². The summed E-state index contributed by atoms with van der Waals surface area (Å²) >= 11 is 0. The molecule has 0 unspecified atom stereocenters. The summed E-state index contributed by atoms with van der Waals surface area (Å²) in [5.41, 5.74) is 3.25. The average molecular weight is 209 g/mol. The summed E-state index contributed by atoms with van der Waals surface area (Å²) in [6, 6.07) is 12.2. The number of anilines is 2. The third-order valence-electron chi connectivity index (χ3n) is 2.52. The van der Waals surface area contributed by atoms with Crippen molar-refractivity contribution in [1.29, 1.82) is 0 Å². The quantitative estimate of drug-likeness (QED) is 0.679. The van der Waals surface area contributed by atoms with E-state index in [0.717, 1.165) is 16.9 Å². The van der Waals surface area contributed by atoms with Gasteiger partial charge in [-0.1, -0.05) is 6.07 Å². The van der Waals surface area contributed by atoms with Gasteiger partial charge in [-0.25, -0.2) is 0 Å². The van der Waals surface area contributed by atoms with Gasteiger partial charge in [0.1, 0.15) is 0 Å². The highest BCUT2D eigenvalue weighted by molar-refractivity contribution is 5.83. The van der Waals surface area contributed by atoms with E-state index in [2.05, 4.69) is 39.6 Å². The molecular weight excluding hydrogens is 198 g/mol. The van der Waals surface area contributed by atoms with Crippen LogP contribution in [0.5, 0.6) is 0 Å². The van der Waals surface area contributed by atoms with Gasteiger partial charge in [-0.05, 0) is 35.7 Å². The number of benzene rings is 1. The molecule has 1 aromatic carbocycles. The standard InChI is InChI=1S/C13H11N3/c1-2-12(9-13-10(1)3-8-15-13)16-11-4-6-14-7-5-11/h1-9,15H,(H,14,16). The van der Waals surface area contributed by atoms with Crippen molar-refractivity contribution in [3.63, 3.8) is 0 Å². The van der Waals surface area contributed by atoms with Crippen LogP contribution in [0.1, 0.15) is 0 Å². The highest BCUT2D eigenvalue weighted by atomic mass is 14.9. The molecule has 0 aliphatic heterocycles. The molecule has 0 aliphatic carbocycles. The van der Waals surface area contributed by atoms with E-state index in [4.69, 9.17) is 0 Å². The molecule has 0 fully saturated rings. The van der Waals surface area contributed by atoms with Crippen molar-refractivity contribution in [3.05, 3.63) is 55.0 Å². The molecule has 2 N–H and O–H groups in total. The van der Waals surface area contributed by atoms with Gasteiger partial charge in [0.2, 0.25) is 0 Å². The summed E-state index contributed by atoms with van der Waals surface area (Å²) in [7, 11) is 0. The summed E-state index contributed by atoms with van der Waals surface area (Å²) in [6.45, 7) is 0. The lowest BCUT2D eigenvalue weighted by Gasteiger charge is -2.05. The molecule has 0 aliphatic rings. The van der Waals surface area contributed by atoms with Crippen LogP contribution < -0.4 is 5.32 Å². The molecule has 3 rings (SSSR count). The van der Waals surface area contributed by atoms with Crippen molar-refractivity contribution in [2.24, 2.45) is 0 Å². The zero-order valence-corrected chi connectivity index (χ0v) is 8.64. The van der Waals surface area contributed by atoms with Crippen LogP contribution in [-0.2, 0) is 0 Å². The van der Waals surface area contributed by atoms with Crippen molar-refractivity contribution >= 4 is 22.3 Å². The molecule has 0 bridgehead atoms. The molecule has 3 heteroatoms. The van der Waals surface area contributed by atoms with Crippen molar-refractivity contribution < 1.29 is 0 Å². The maximum Gasteiger partial charge on any atom is 0.0474 e. The van der Waals surface area contributed by atoms with E-state index < -0.39 is 0 Å². The first-order chi connectivity index (χ1) is 7.92. The number of hydrogen-bond acceptors (Lipinski definition) is 2. The second kappa shape index (κ2) is 3.70. The van der Waals surface area contributed by atoms with Crippen molar-refractivity contribution in [2.75, 3.05) is 5.32 Å². The van der Waals surface area contributed by atoms with Crippen LogP contribution in [0.3, 0.4) is 0 Å². The van der Waals surface area contributed by atoms with Gasteiger partial charge in [0.15, 0.2) is 0 Å². The Bertz CT molecular complexity index is 599. The fourth-order valence-electron chi connectivity index (χ4n) is 1.73. The molecule has 16 heavy (non-hydrogen) atoms. The maximum absolute atomic E-state index is 3.98. The van der Waals surface area contributed by atoms with Gasteiger partial charge < -0.3 is 10.3 Å². The first-order valence-corrected chi connectivity index (χ1v) is 5.16. The highest BCUT2D eigenvalue weighted by Crippen LogP contribution is 2.20. The van der Waals surface area contributed by atoms with Gasteiger partial charge in [0, 0.05) is 35.5 Å². The summed E-state index contributed by atoms with van der Waals surface area (Å²) in [5, 5.41) is 4.55. The lowest BCUT2D eigenvalue weighted by Crippen LogP contribution is -1.89. The molecular formula is C13H11N3. The van der Waals surface area contributed by atoms with Crippen LogP contribution in [-0.4, -0.2) is 9.97 Å². The minimum Gasteiger partial charge on any atom is -0.361 e. The summed E-state index contributed by atoms with van der Waals surface area (Å²) in [5.74, 6) is 0. The summed E-state index contributed by atoms with van der Waals surface area (Å²) in [4.78, 5) is 7.18. The molecule has 3 nitrogen and oxygen atoms in total. The van der Waals surface area contributed by atoms with E-state index >= 15 is 0 Å². The number of pyridine rings is 1. The van der Waals surface area contributed by atoms with Crippen LogP contribution in [0.25, 0.3) is 10.9 Å². The number of nitrogens with one attached hydrogen (secondary N) is 2. The van der Waals surface area contributed by atoms with E-state index in [9.17, 15) is 0 Å². The second-order valence-corrected chi connectivity index (χ2v) is 3.64. The van der Waals surface area contributed by atoms with Gasteiger partial charge in [0.05, 0.1) is 0 Å². The number of rotatable bonds is 2. The summed E-state index contributed by atoms with van der Waals surface area (Å²) < 4.78 is 0. The van der Waals surface area contributed by atoms with Gasteiger partial charge >= 0.3 is 0 Å². The predicted molar refractivity (Wildman–Crippen MR) is 65.8 cm³/mol. The molecule has 2 heterocycles. The minimum atomic E-state index is 1.04. The number of nitrogens with zero attached hydrogens (tertiary/aromatic N) is 1. The van der Waals surface area contributed by atoms with E-state index in [1.54, 1.807) is 12.4 Å². The van der Waals surface area contributed by atoms with E-state index in [-0.39, 0.29) is 0 Å². The Hall–Kier alpha value is -2.29. The molecule has 3 aromatic rings. The molecule has 2 aromatic heterocycles. The third kappa shape index (κ3) is 1.63. The molecule has 0 amide bonds. The molecule has 0 radical (unpaired) electrons. The first-order valence-electron chi connectivity index (χ1n) is 5.16. The lowest BCUT2D eigenvalue weighted by molar-refractivity contribution is 1.32. The zero-order chi connectivity index (χ0) is 10.8. The third-order valence-corrected chi connectivity index (χ3v) is 2.52. The molecule has 0 spiro atoms. The van der Waals surface area contributed by atoms with E-state index in [0.29, 0.717) is 0 Å². The highest BCUT2D eigenvalue weighted by Gasteiger charge is 1.97. The van der Waals surface area contributed by atoms with Gasteiger partial charge in [-0.3, -0.25) is 4.98 Å². The van der Waals surface area contributed by atoms with Gasteiger partial charge in [0.25, 0.3) is 0 Å². The normalized spacial score (nSPS) is 10.5. The first kappa shape index (κ1) is 8.97. The Morgan fingerprint density at radius 1 is 0.938 bits per heavy atom. The Kier molecular flexibility index (Phi) is 2.07. The van der Waals surface area contributed by atoms with Crippen LogP contribution in [0.2, 0.25) is 0 Å². The van der Waals surface area contributed by atoms with Gasteiger partial charge in [-0.2, -0.15) is 0 Å². The Morgan fingerprint density at radius 2 is 1.81 bits per heavy atom. The average Bonchev–Trinajstić information content (AvgIpc) is 2.77. The van der Waals surface area contributed by atoms with Crippen molar-refractivity contribution in [2.45, 2.75) is 0 Å². The minimum absolute atomic E-state index is 1.04. The monoisotopic (exact) mass is 209 g/mol. The van der Waals surface area contributed by atoms with Crippen molar-refractivity contribution in [1.82, 2.24) is 9.97 Å². The Balaban J connectivity index is 1.94.